The van der Waals surface area contributed by atoms with E-state index >= 15 is 0 Å². The van der Waals surface area contributed by atoms with Gasteiger partial charge in [-0.05, 0) is 19.4 Å². The summed E-state index contributed by atoms with van der Waals surface area (Å²) >= 11 is 0. The van der Waals surface area contributed by atoms with E-state index in [1.807, 2.05) is 6.92 Å². The highest BCUT2D eigenvalue weighted by molar-refractivity contribution is 5.96. The van der Waals surface area contributed by atoms with Crippen molar-refractivity contribution in [2.24, 2.45) is 10.9 Å². The van der Waals surface area contributed by atoms with Crippen LogP contribution in [-0.4, -0.2) is 22.1 Å². The molecule has 5 heteroatoms. The first-order valence-corrected chi connectivity index (χ1v) is 5.28. The molecular formula is C11H17N3O2. The van der Waals surface area contributed by atoms with Gasteiger partial charge in [-0.1, -0.05) is 18.5 Å². The molecule has 0 aliphatic rings. The van der Waals surface area contributed by atoms with Gasteiger partial charge in [0.2, 0.25) is 5.88 Å². The van der Waals surface area contributed by atoms with Crippen LogP contribution in [0.1, 0.15) is 32.3 Å². The number of ether oxygens (including phenoxy) is 1. The van der Waals surface area contributed by atoms with Crippen LogP contribution in [0.5, 0.6) is 5.88 Å². The normalized spacial score (nSPS) is 13.5. The molecule has 1 rings (SSSR count). The van der Waals surface area contributed by atoms with Gasteiger partial charge in [0.15, 0.2) is 5.84 Å². The Balaban J connectivity index is 2.64. The fraction of sp³-hybridized carbons (Fsp3) is 0.455. The number of hydrogen-bond acceptors (Lipinski definition) is 4. The van der Waals surface area contributed by atoms with Crippen molar-refractivity contribution in [1.29, 1.82) is 0 Å². The van der Waals surface area contributed by atoms with Crippen molar-refractivity contribution in [2.45, 2.75) is 32.8 Å². The lowest BCUT2D eigenvalue weighted by Gasteiger charge is -2.12. The second-order valence-electron chi connectivity index (χ2n) is 3.59. The van der Waals surface area contributed by atoms with E-state index in [2.05, 4.69) is 17.1 Å². The zero-order chi connectivity index (χ0) is 12.0. The van der Waals surface area contributed by atoms with Crippen molar-refractivity contribution in [3.8, 4) is 5.88 Å². The summed E-state index contributed by atoms with van der Waals surface area (Å²) in [5.41, 5.74) is 5.98. The second kappa shape index (κ2) is 5.95. The Morgan fingerprint density at radius 3 is 2.88 bits per heavy atom. The van der Waals surface area contributed by atoms with Gasteiger partial charge >= 0.3 is 0 Å². The van der Waals surface area contributed by atoms with Gasteiger partial charge in [0.05, 0.1) is 6.10 Å². The largest absolute Gasteiger partial charge is 0.475 e. The van der Waals surface area contributed by atoms with E-state index in [9.17, 15) is 0 Å². The van der Waals surface area contributed by atoms with Gasteiger partial charge in [-0.3, -0.25) is 0 Å². The Morgan fingerprint density at radius 1 is 1.62 bits per heavy atom. The molecule has 0 fully saturated rings. The Hall–Kier alpha value is -1.78. The van der Waals surface area contributed by atoms with E-state index in [1.165, 1.54) is 6.20 Å². The van der Waals surface area contributed by atoms with Crippen LogP contribution in [0, 0.1) is 0 Å². The summed E-state index contributed by atoms with van der Waals surface area (Å²) in [4.78, 5) is 4.08. The van der Waals surface area contributed by atoms with Crippen LogP contribution in [0.4, 0.5) is 0 Å². The number of nitrogens with zero attached hydrogens (tertiary/aromatic N) is 2. The highest BCUT2D eigenvalue weighted by Crippen LogP contribution is 2.11. The van der Waals surface area contributed by atoms with E-state index in [1.54, 1.807) is 12.1 Å². The number of aromatic nitrogens is 1. The maximum Gasteiger partial charge on any atom is 0.213 e. The van der Waals surface area contributed by atoms with Gasteiger partial charge in [0, 0.05) is 17.8 Å². The highest BCUT2D eigenvalue weighted by atomic mass is 16.5. The summed E-state index contributed by atoms with van der Waals surface area (Å²) in [5, 5.41) is 11.4. The molecule has 0 spiro atoms. The zero-order valence-electron chi connectivity index (χ0n) is 9.55. The number of pyridine rings is 1. The summed E-state index contributed by atoms with van der Waals surface area (Å²) in [6, 6.07) is 3.41. The number of hydrogen-bond donors (Lipinski definition) is 2. The first kappa shape index (κ1) is 12.3. The summed E-state index contributed by atoms with van der Waals surface area (Å²) in [7, 11) is 0. The predicted octanol–water partition coefficient (Wildman–Crippen LogP) is 1.74. The Kier molecular flexibility index (Phi) is 4.57. The smallest absolute Gasteiger partial charge is 0.213 e. The fourth-order valence-electron chi connectivity index (χ4n) is 1.33. The van der Waals surface area contributed by atoms with Crippen LogP contribution in [0.25, 0.3) is 0 Å². The van der Waals surface area contributed by atoms with Crippen molar-refractivity contribution < 1.29 is 9.94 Å². The molecule has 3 N–H and O–H groups in total. The molecule has 0 aliphatic heterocycles. The third-order valence-electron chi connectivity index (χ3n) is 2.16. The van der Waals surface area contributed by atoms with E-state index in [0.717, 1.165) is 12.8 Å². The zero-order valence-corrected chi connectivity index (χ0v) is 9.55. The van der Waals surface area contributed by atoms with Crippen molar-refractivity contribution in [2.75, 3.05) is 0 Å². The van der Waals surface area contributed by atoms with E-state index < -0.39 is 0 Å². The second-order valence-corrected chi connectivity index (χ2v) is 3.59. The first-order valence-electron chi connectivity index (χ1n) is 5.28. The van der Waals surface area contributed by atoms with Crippen LogP contribution in [0.3, 0.4) is 0 Å². The molecule has 1 aromatic heterocycles. The quantitative estimate of drug-likeness (QED) is 0.345. The Bertz CT molecular complexity index is 349. The number of amidine groups is 1. The third-order valence-corrected chi connectivity index (χ3v) is 2.16. The molecule has 88 valence electrons. The van der Waals surface area contributed by atoms with Crippen LogP contribution in [0.2, 0.25) is 0 Å². The molecule has 0 aliphatic carbocycles. The molecule has 0 amide bonds. The molecule has 5 nitrogen and oxygen atoms in total. The molecule has 0 aromatic carbocycles. The molecule has 0 radical (unpaired) electrons. The molecule has 1 aromatic rings. The first-order chi connectivity index (χ1) is 7.67. The van der Waals surface area contributed by atoms with Crippen molar-refractivity contribution in [3.63, 3.8) is 0 Å². The lowest BCUT2D eigenvalue weighted by molar-refractivity contribution is 0.201. The molecule has 16 heavy (non-hydrogen) atoms. The van der Waals surface area contributed by atoms with Gasteiger partial charge < -0.3 is 15.7 Å². The summed E-state index contributed by atoms with van der Waals surface area (Å²) in [6.07, 6.45) is 3.73. The van der Waals surface area contributed by atoms with Crippen molar-refractivity contribution in [3.05, 3.63) is 23.9 Å². The maximum atomic E-state index is 8.48. The minimum Gasteiger partial charge on any atom is -0.475 e. The average Bonchev–Trinajstić information content (AvgIpc) is 2.29. The van der Waals surface area contributed by atoms with Crippen LogP contribution < -0.4 is 10.5 Å². The number of nitrogens with two attached hydrogens (primary N) is 1. The minimum absolute atomic E-state index is 0.0423. The minimum atomic E-state index is 0.0423. The monoisotopic (exact) mass is 223 g/mol. The summed E-state index contributed by atoms with van der Waals surface area (Å²) in [6.45, 7) is 4.11. The van der Waals surface area contributed by atoms with Crippen LogP contribution >= 0.6 is 0 Å². The molecule has 0 saturated heterocycles. The SMILES string of the molecule is CCCC(C)Oc1ccc(/C(N)=N/O)cn1. The highest BCUT2D eigenvalue weighted by Gasteiger charge is 2.05. The third kappa shape index (κ3) is 3.42. The van der Waals surface area contributed by atoms with Gasteiger partial charge in [0.1, 0.15) is 0 Å². The molecule has 1 heterocycles. The maximum absolute atomic E-state index is 8.48. The van der Waals surface area contributed by atoms with Gasteiger partial charge in [-0.2, -0.15) is 0 Å². The van der Waals surface area contributed by atoms with Crippen LogP contribution in [-0.2, 0) is 0 Å². The fourth-order valence-corrected chi connectivity index (χ4v) is 1.33. The number of oxime groups is 1. The van der Waals surface area contributed by atoms with Gasteiger partial charge in [-0.25, -0.2) is 4.98 Å². The standard InChI is InChI=1S/C11H17N3O2/c1-3-4-8(2)16-10-6-5-9(7-13-10)11(12)14-15/h5-8,15H,3-4H2,1-2H3,(H2,12,14). The van der Waals surface area contributed by atoms with Gasteiger partial charge in [0.25, 0.3) is 0 Å². The molecule has 1 atom stereocenters. The lowest BCUT2D eigenvalue weighted by atomic mass is 10.2. The molecule has 0 saturated carbocycles. The van der Waals surface area contributed by atoms with E-state index in [4.69, 9.17) is 15.7 Å². The lowest BCUT2D eigenvalue weighted by Crippen LogP contribution is -2.15. The average molecular weight is 223 g/mol. The predicted molar refractivity (Wildman–Crippen MR) is 61.7 cm³/mol. The van der Waals surface area contributed by atoms with E-state index in [0.29, 0.717) is 11.4 Å². The molecular weight excluding hydrogens is 206 g/mol. The van der Waals surface area contributed by atoms with Crippen molar-refractivity contribution in [1.82, 2.24) is 4.98 Å². The summed E-state index contributed by atoms with van der Waals surface area (Å²) < 4.78 is 5.57. The van der Waals surface area contributed by atoms with E-state index in [-0.39, 0.29) is 11.9 Å². The Morgan fingerprint density at radius 2 is 2.38 bits per heavy atom. The molecule has 0 bridgehead atoms. The summed E-state index contributed by atoms with van der Waals surface area (Å²) in [5.74, 6) is 0.594. The van der Waals surface area contributed by atoms with Gasteiger partial charge in [-0.15, -0.1) is 0 Å². The topological polar surface area (TPSA) is 80.7 Å². The Labute approximate surface area is 94.9 Å². The molecule has 1 unspecified atom stereocenters. The van der Waals surface area contributed by atoms with Crippen molar-refractivity contribution >= 4 is 5.84 Å². The number of rotatable bonds is 5. The van der Waals surface area contributed by atoms with Crippen LogP contribution in [0.15, 0.2) is 23.5 Å².